The molecule has 8 heteroatoms. The van der Waals surface area contributed by atoms with Gasteiger partial charge in [0.1, 0.15) is 6.33 Å². The van der Waals surface area contributed by atoms with Crippen LogP contribution in [0, 0.1) is 5.92 Å². The Morgan fingerprint density at radius 3 is 2.55 bits per heavy atom. The summed E-state index contributed by atoms with van der Waals surface area (Å²) in [7, 11) is 0. The van der Waals surface area contributed by atoms with Gasteiger partial charge in [-0.2, -0.15) is 9.78 Å². The molecule has 1 saturated heterocycles. The highest BCUT2D eigenvalue weighted by Gasteiger charge is 2.21. The molecule has 0 unspecified atom stereocenters. The SMILES string of the molecule is CC(C)n1cnn(-c2ccc(Sc3cccc(NC(=O)C4CCOCC4)c3)cc2)c1=O. The summed E-state index contributed by atoms with van der Waals surface area (Å²) in [6.07, 6.45) is 3.10. The monoisotopic (exact) mass is 438 g/mol. The van der Waals surface area contributed by atoms with Crippen LogP contribution in [0.15, 0.2) is 69.4 Å². The third-order valence-electron chi connectivity index (χ3n) is 5.26. The molecule has 4 rings (SSSR count). The van der Waals surface area contributed by atoms with Crippen LogP contribution >= 0.6 is 11.8 Å². The minimum Gasteiger partial charge on any atom is -0.381 e. The molecule has 0 saturated carbocycles. The van der Waals surface area contributed by atoms with Crippen molar-refractivity contribution in [1.82, 2.24) is 14.3 Å². The van der Waals surface area contributed by atoms with Gasteiger partial charge in [0.15, 0.2) is 0 Å². The van der Waals surface area contributed by atoms with E-state index in [2.05, 4.69) is 10.4 Å². The lowest BCUT2D eigenvalue weighted by Crippen LogP contribution is -2.28. The maximum Gasteiger partial charge on any atom is 0.350 e. The Hall–Kier alpha value is -2.84. The average Bonchev–Trinajstić information content (AvgIpc) is 3.17. The molecule has 1 fully saturated rings. The Balaban J connectivity index is 1.43. The normalized spacial score (nSPS) is 14.7. The van der Waals surface area contributed by atoms with Gasteiger partial charge in [-0.25, -0.2) is 4.79 Å². The van der Waals surface area contributed by atoms with Crippen LogP contribution in [-0.4, -0.2) is 33.5 Å². The van der Waals surface area contributed by atoms with Gasteiger partial charge in [0.05, 0.1) is 5.69 Å². The van der Waals surface area contributed by atoms with E-state index in [1.54, 1.807) is 22.7 Å². The number of nitrogens with zero attached hydrogens (tertiary/aromatic N) is 3. The standard InChI is InChI=1S/C23H26N4O3S/c1-16(2)26-15-24-27(23(26)29)19-6-8-20(9-7-19)31-21-5-3-4-18(14-21)25-22(28)17-10-12-30-13-11-17/h3-9,14-17H,10-13H2,1-2H3,(H,25,28). The molecule has 2 heterocycles. The molecule has 0 aliphatic carbocycles. The zero-order valence-corrected chi connectivity index (χ0v) is 18.5. The summed E-state index contributed by atoms with van der Waals surface area (Å²) in [5.41, 5.74) is 1.37. The third-order valence-corrected chi connectivity index (χ3v) is 6.26. The first-order valence-corrected chi connectivity index (χ1v) is 11.3. The number of carbonyl (C=O) groups excluding carboxylic acids is 1. The van der Waals surface area contributed by atoms with E-state index in [1.165, 1.54) is 4.68 Å². The highest BCUT2D eigenvalue weighted by Crippen LogP contribution is 2.30. The van der Waals surface area contributed by atoms with Crippen molar-refractivity contribution in [2.45, 2.75) is 42.5 Å². The van der Waals surface area contributed by atoms with Gasteiger partial charge in [0.2, 0.25) is 5.91 Å². The van der Waals surface area contributed by atoms with E-state index in [0.29, 0.717) is 13.2 Å². The van der Waals surface area contributed by atoms with E-state index in [9.17, 15) is 9.59 Å². The average molecular weight is 439 g/mol. The van der Waals surface area contributed by atoms with Crippen LogP contribution in [0.1, 0.15) is 32.7 Å². The maximum atomic E-state index is 12.5. The van der Waals surface area contributed by atoms with Gasteiger partial charge in [0, 0.05) is 40.7 Å². The first-order valence-electron chi connectivity index (χ1n) is 10.4. The molecule has 2 aromatic carbocycles. The van der Waals surface area contributed by atoms with Gasteiger partial charge in [0.25, 0.3) is 0 Å². The quantitative estimate of drug-likeness (QED) is 0.626. The van der Waals surface area contributed by atoms with Crippen LogP contribution in [0.25, 0.3) is 5.69 Å². The van der Waals surface area contributed by atoms with Crippen molar-refractivity contribution in [3.05, 3.63) is 65.3 Å². The first kappa shape index (κ1) is 21.4. The number of benzene rings is 2. The van der Waals surface area contributed by atoms with Crippen molar-refractivity contribution in [2.24, 2.45) is 5.92 Å². The van der Waals surface area contributed by atoms with Crippen molar-refractivity contribution in [3.8, 4) is 5.69 Å². The number of rotatable bonds is 6. The van der Waals surface area contributed by atoms with Gasteiger partial charge >= 0.3 is 5.69 Å². The number of amides is 1. The molecule has 0 atom stereocenters. The van der Waals surface area contributed by atoms with Crippen molar-refractivity contribution in [3.63, 3.8) is 0 Å². The largest absolute Gasteiger partial charge is 0.381 e. The second kappa shape index (κ2) is 9.53. The van der Waals surface area contributed by atoms with Crippen LogP contribution in [0.2, 0.25) is 0 Å². The van der Waals surface area contributed by atoms with E-state index in [0.717, 1.165) is 34.0 Å². The molecule has 0 spiro atoms. The third kappa shape index (κ3) is 5.08. The summed E-state index contributed by atoms with van der Waals surface area (Å²) in [6, 6.07) is 15.6. The molecule has 1 aliphatic rings. The molecular formula is C23H26N4O3S. The molecule has 0 radical (unpaired) electrons. The second-order valence-corrected chi connectivity index (χ2v) is 8.97. The maximum absolute atomic E-state index is 12.5. The number of carbonyl (C=O) groups is 1. The minimum atomic E-state index is -0.150. The summed E-state index contributed by atoms with van der Waals surface area (Å²) in [6.45, 7) is 5.20. The lowest BCUT2D eigenvalue weighted by Gasteiger charge is -2.21. The van der Waals surface area contributed by atoms with Crippen LogP contribution in [0.4, 0.5) is 5.69 Å². The van der Waals surface area contributed by atoms with Crippen LogP contribution in [-0.2, 0) is 9.53 Å². The van der Waals surface area contributed by atoms with E-state index in [1.807, 2.05) is 62.4 Å². The molecule has 31 heavy (non-hydrogen) atoms. The predicted octanol–water partition coefficient (Wildman–Crippen LogP) is 4.13. The summed E-state index contributed by atoms with van der Waals surface area (Å²) in [5, 5.41) is 7.24. The van der Waals surface area contributed by atoms with Gasteiger partial charge in [-0.15, -0.1) is 0 Å². The number of hydrogen-bond acceptors (Lipinski definition) is 5. The Kier molecular flexibility index (Phi) is 6.58. The van der Waals surface area contributed by atoms with E-state index in [4.69, 9.17) is 4.74 Å². The molecule has 1 aromatic heterocycles. The summed E-state index contributed by atoms with van der Waals surface area (Å²) in [4.78, 5) is 27.0. The summed E-state index contributed by atoms with van der Waals surface area (Å²) < 4.78 is 8.34. The van der Waals surface area contributed by atoms with Crippen LogP contribution in [0.3, 0.4) is 0 Å². The fraction of sp³-hybridized carbons (Fsp3) is 0.348. The predicted molar refractivity (Wildman–Crippen MR) is 121 cm³/mol. The number of nitrogens with one attached hydrogen (secondary N) is 1. The first-order chi connectivity index (χ1) is 15.0. The highest BCUT2D eigenvalue weighted by molar-refractivity contribution is 7.99. The molecule has 162 valence electrons. The smallest absolute Gasteiger partial charge is 0.350 e. The highest BCUT2D eigenvalue weighted by atomic mass is 32.2. The van der Waals surface area contributed by atoms with Crippen molar-refractivity contribution < 1.29 is 9.53 Å². The fourth-order valence-corrected chi connectivity index (χ4v) is 4.36. The van der Waals surface area contributed by atoms with Crippen LogP contribution < -0.4 is 11.0 Å². The van der Waals surface area contributed by atoms with Crippen LogP contribution in [0.5, 0.6) is 0 Å². The zero-order chi connectivity index (χ0) is 21.8. The number of aromatic nitrogens is 3. The Labute approximate surface area is 185 Å². The van der Waals surface area contributed by atoms with E-state index >= 15 is 0 Å². The second-order valence-electron chi connectivity index (χ2n) is 7.83. The number of hydrogen-bond donors (Lipinski definition) is 1. The minimum absolute atomic E-state index is 0.0141. The number of ether oxygens (including phenoxy) is 1. The van der Waals surface area contributed by atoms with Gasteiger partial charge < -0.3 is 10.1 Å². The van der Waals surface area contributed by atoms with Gasteiger partial charge in [-0.05, 0) is 69.2 Å². The lowest BCUT2D eigenvalue weighted by molar-refractivity contribution is -0.122. The Morgan fingerprint density at radius 1 is 1.13 bits per heavy atom. The summed E-state index contributed by atoms with van der Waals surface area (Å²) in [5.74, 6) is 0.0706. The Morgan fingerprint density at radius 2 is 1.87 bits per heavy atom. The molecule has 7 nitrogen and oxygen atoms in total. The molecule has 3 aromatic rings. The fourth-order valence-electron chi connectivity index (χ4n) is 3.48. The summed E-state index contributed by atoms with van der Waals surface area (Å²) >= 11 is 1.60. The van der Waals surface area contributed by atoms with Crippen molar-refractivity contribution in [2.75, 3.05) is 18.5 Å². The number of anilines is 1. The lowest BCUT2D eigenvalue weighted by atomic mass is 9.99. The molecular weight excluding hydrogens is 412 g/mol. The van der Waals surface area contributed by atoms with Gasteiger partial charge in [-0.3, -0.25) is 9.36 Å². The molecule has 1 N–H and O–H groups in total. The topological polar surface area (TPSA) is 78.2 Å². The molecule has 1 aliphatic heterocycles. The molecule has 1 amide bonds. The van der Waals surface area contributed by atoms with Crippen molar-refractivity contribution >= 4 is 23.4 Å². The molecule has 0 bridgehead atoms. The zero-order valence-electron chi connectivity index (χ0n) is 17.7. The Bertz CT molecular complexity index is 1100. The van der Waals surface area contributed by atoms with Gasteiger partial charge in [-0.1, -0.05) is 17.8 Å². The van der Waals surface area contributed by atoms with Crippen molar-refractivity contribution in [1.29, 1.82) is 0 Å². The van der Waals surface area contributed by atoms with E-state index < -0.39 is 0 Å². The van der Waals surface area contributed by atoms with E-state index in [-0.39, 0.29) is 23.6 Å².